The maximum atomic E-state index is 5.18. The van der Waals surface area contributed by atoms with Gasteiger partial charge in [-0.1, -0.05) is 45.8 Å². The monoisotopic (exact) mass is 258 g/mol. The highest BCUT2D eigenvalue weighted by molar-refractivity contribution is 9.09. The highest BCUT2D eigenvalue weighted by atomic mass is 79.9. The molecule has 1 aromatic rings. The molecule has 0 N–H and O–H groups in total. The third-order valence-electron chi connectivity index (χ3n) is 2.10. The zero-order valence-electron chi connectivity index (χ0n) is 8.66. The molecule has 0 fully saturated rings. The predicted molar refractivity (Wildman–Crippen MR) is 60.7 cm³/mol. The van der Waals surface area contributed by atoms with Crippen LogP contribution < -0.4 is 0 Å². The molecule has 0 heterocycles. The molecule has 0 bridgehead atoms. The lowest BCUT2D eigenvalue weighted by molar-refractivity contribution is -0.101. The first-order chi connectivity index (χ1) is 6.69. The Balaban J connectivity index is 2.77. The van der Waals surface area contributed by atoms with E-state index < -0.39 is 0 Å². The number of hydrogen-bond acceptors (Lipinski definition) is 2. The summed E-state index contributed by atoms with van der Waals surface area (Å²) in [6.45, 7) is 2.07. The number of benzene rings is 1. The molecule has 2 nitrogen and oxygen atoms in total. The Morgan fingerprint density at radius 1 is 1.07 bits per heavy atom. The minimum absolute atomic E-state index is 0.0677. The molecule has 0 aliphatic rings. The summed E-state index contributed by atoms with van der Waals surface area (Å²) in [7, 11) is 3.27. The van der Waals surface area contributed by atoms with Gasteiger partial charge in [-0.2, -0.15) is 0 Å². The fraction of sp³-hybridized carbons (Fsp3) is 0.455. The number of halogens is 1. The minimum Gasteiger partial charge on any atom is -0.354 e. The number of hydrogen-bond donors (Lipinski definition) is 0. The van der Waals surface area contributed by atoms with Gasteiger partial charge in [0.25, 0.3) is 0 Å². The molecule has 0 saturated carbocycles. The van der Waals surface area contributed by atoms with E-state index in [4.69, 9.17) is 9.47 Å². The predicted octanol–water partition coefficient (Wildman–Crippen LogP) is 3.05. The highest BCUT2D eigenvalue weighted by Gasteiger charge is 2.19. The fourth-order valence-electron chi connectivity index (χ4n) is 1.24. The van der Waals surface area contributed by atoms with Crippen molar-refractivity contribution >= 4 is 15.9 Å². The molecule has 0 aromatic heterocycles. The Morgan fingerprint density at radius 2 is 1.57 bits per heavy atom. The van der Waals surface area contributed by atoms with Crippen molar-refractivity contribution in [1.29, 1.82) is 0 Å². The maximum Gasteiger partial charge on any atom is 0.173 e. The van der Waals surface area contributed by atoms with Crippen molar-refractivity contribution in [1.82, 2.24) is 0 Å². The zero-order valence-corrected chi connectivity index (χ0v) is 10.2. The average molecular weight is 259 g/mol. The van der Waals surface area contributed by atoms with Gasteiger partial charge in [-0.25, -0.2) is 0 Å². The lowest BCUT2D eigenvalue weighted by atomic mass is 10.1. The summed E-state index contributed by atoms with van der Waals surface area (Å²) in [6, 6.07) is 8.29. The molecule has 78 valence electrons. The van der Waals surface area contributed by atoms with Crippen molar-refractivity contribution in [2.45, 2.75) is 18.0 Å². The van der Waals surface area contributed by atoms with Gasteiger partial charge in [0.15, 0.2) is 6.29 Å². The second kappa shape index (κ2) is 5.49. The van der Waals surface area contributed by atoms with Crippen LogP contribution in [0.15, 0.2) is 24.3 Å². The van der Waals surface area contributed by atoms with Gasteiger partial charge in [0, 0.05) is 14.2 Å². The van der Waals surface area contributed by atoms with Gasteiger partial charge in [0.05, 0.1) is 4.83 Å². The standard InChI is InChI=1S/C11H15BrO2/c1-8-4-6-9(7-5-8)10(12)11(13-2)14-3/h4-7,10-11H,1-3H3. The molecule has 3 heteroatoms. The molecule has 0 saturated heterocycles. The van der Waals surface area contributed by atoms with Crippen molar-refractivity contribution in [3.8, 4) is 0 Å². The second-order valence-corrected chi connectivity index (χ2v) is 4.14. The SMILES string of the molecule is COC(OC)C(Br)c1ccc(C)cc1. The Bertz CT molecular complexity index is 267. The van der Waals surface area contributed by atoms with Crippen LogP contribution in [-0.4, -0.2) is 20.5 Å². The lowest BCUT2D eigenvalue weighted by Crippen LogP contribution is -2.18. The summed E-state index contributed by atoms with van der Waals surface area (Å²) in [6.07, 6.45) is -0.252. The fourth-order valence-corrected chi connectivity index (χ4v) is 1.98. The summed E-state index contributed by atoms with van der Waals surface area (Å²) < 4.78 is 10.4. The first-order valence-electron chi connectivity index (χ1n) is 4.45. The van der Waals surface area contributed by atoms with Crippen LogP contribution in [-0.2, 0) is 9.47 Å². The van der Waals surface area contributed by atoms with Crippen LogP contribution >= 0.6 is 15.9 Å². The molecule has 0 radical (unpaired) electrons. The van der Waals surface area contributed by atoms with Crippen molar-refractivity contribution in [3.05, 3.63) is 35.4 Å². The van der Waals surface area contributed by atoms with E-state index in [1.807, 2.05) is 0 Å². The molecule has 1 unspecified atom stereocenters. The zero-order chi connectivity index (χ0) is 10.6. The van der Waals surface area contributed by atoms with E-state index in [-0.39, 0.29) is 11.1 Å². The minimum atomic E-state index is -0.252. The summed E-state index contributed by atoms with van der Waals surface area (Å²) >= 11 is 3.55. The number of ether oxygens (including phenoxy) is 2. The Kier molecular flexibility index (Phi) is 4.58. The molecular formula is C11H15BrO2. The van der Waals surface area contributed by atoms with E-state index in [0.717, 1.165) is 5.56 Å². The number of aryl methyl sites for hydroxylation is 1. The van der Waals surface area contributed by atoms with E-state index in [1.165, 1.54) is 5.56 Å². The number of rotatable bonds is 4. The Labute approximate surface area is 93.4 Å². The van der Waals surface area contributed by atoms with Crippen LogP contribution in [0.2, 0.25) is 0 Å². The van der Waals surface area contributed by atoms with Crippen LogP contribution in [0.25, 0.3) is 0 Å². The van der Waals surface area contributed by atoms with Crippen molar-refractivity contribution < 1.29 is 9.47 Å². The van der Waals surface area contributed by atoms with Gasteiger partial charge in [-0.15, -0.1) is 0 Å². The molecule has 1 atom stereocenters. The summed E-state index contributed by atoms with van der Waals surface area (Å²) in [4.78, 5) is 0.0677. The van der Waals surface area contributed by atoms with E-state index in [1.54, 1.807) is 14.2 Å². The van der Waals surface area contributed by atoms with Crippen molar-refractivity contribution in [2.24, 2.45) is 0 Å². The molecule has 0 spiro atoms. The van der Waals surface area contributed by atoms with E-state index in [9.17, 15) is 0 Å². The summed E-state index contributed by atoms with van der Waals surface area (Å²) in [5.41, 5.74) is 2.41. The van der Waals surface area contributed by atoms with Gasteiger partial charge in [0.2, 0.25) is 0 Å². The first-order valence-corrected chi connectivity index (χ1v) is 5.37. The smallest absolute Gasteiger partial charge is 0.173 e. The van der Waals surface area contributed by atoms with Crippen LogP contribution in [0.5, 0.6) is 0 Å². The van der Waals surface area contributed by atoms with Gasteiger partial charge in [-0.05, 0) is 12.5 Å². The van der Waals surface area contributed by atoms with Gasteiger partial charge in [0.1, 0.15) is 0 Å². The quantitative estimate of drug-likeness (QED) is 0.611. The Hall–Kier alpha value is -0.380. The van der Waals surface area contributed by atoms with Gasteiger partial charge >= 0.3 is 0 Å². The van der Waals surface area contributed by atoms with Gasteiger partial charge in [-0.3, -0.25) is 0 Å². The molecule has 14 heavy (non-hydrogen) atoms. The molecule has 1 aromatic carbocycles. The Morgan fingerprint density at radius 3 is 2.00 bits per heavy atom. The first kappa shape index (κ1) is 11.7. The van der Waals surface area contributed by atoms with Gasteiger partial charge < -0.3 is 9.47 Å². The number of methoxy groups -OCH3 is 2. The van der Waals surface area contributed by atoms with Crippen LogP contribution in [0.1, 0.15) is 16.0 Å². The van der Waals surface area contributed by atoms with E-state index in [0.29, 0.717) is 0 Å². The third-order valence-corrected chi connectivity index (χ3v) is 3.06. The molecule has 1 rings (SSSR count). The highest BCUT2D eigenvalue weighted by Crippen LogP contribution is 2.28. The lowest BCUT2D eigenvalue weighted by Gasteiger charge is -2.19. The summed E-state index contributed by atoms with van der Waals surface area (Å²) in [5, 5.41) is 0. The van der Waals surface area contributed by atoms with Crippen LogP contribution in [0.4, 0.5) is 0 Å². The topological polar surface area (TPSA) is 18.5 Å². The molecule has 0 aliphatic heterocycles. The second-order valence-electron chi connectivity index (χ2n) is 3.15. The average Bonchev–Trinajstić information content (AvgIpc) is 2.20. The van der Waals surface area contributed by atoms with Crippen molar-refractivity contribution in [2.75, 3.05) is 14.2 Å². The van der Waals surface area contributed by atoms with Crippen molar-refractivity contribution in [3.63, 3.8) is 0 Å². The largest absolute Gasteiger partial charge is 0.354 e. The normalized spacial score (nSPS) is 13.2. The summed E-state index contributed by atoms with van der Waals surface area (Å²) in [5.74, 6) is 0. The van der Waals surface area contributed by atoms with Crippen LogP contribution in [0.3, 0.4) is 0 Å². The molecule has 0 amide bonds. The third kappa shape index (κ3) is 2.80. The molecule has 0 aliphatic carbocycles. The molecular weight excluding hydrogens is 244 g/mol. The number of alkyl halides is 1. The van der Waals surface area contributed by atoms with Crippen LogP contribution in [0, 0.1) is 6.92 Å². The van der Waals surface area contributed by atoms with E-state index in [2.05, 4.69) is 47.1 Å². The van der Waals surface area contributed by atoms with E-state index >= 15 is 0 Å². The maximum absolute atomic E-state index is 5.18.